The van der Waals surface area contributed by atoms with E-state index in [1.165, 1.54) is 18.7 Å². The Morgan fingerprint density at radius 2 is 2.02 bits per heavy atom. The Kier molecular flexibility index (Phi) is 11.2. The lowest BCUT2D eigenvalue weighted by Crippen LogP contribution is -2.71. The molecule has 0 aliphatic carbocycles. The number of thiazole rings is 1. The third kappa shape index (κ3) is 7.54. The molecule has 6 N–H and O–H groups in total. The van der Waals surface area contributed by atoms with Crippen LogP contribution in [-0.2, 0) is 40.9 Å². The van der Waals surface area contributed by atoms with Gasteiger partial charge in [0, 0.05) is 17.9 Å². The van der Waals surface area contributed by atoms with Gasteiger partial charge in [-0.2, -0.15) is 0 Å². The number of halogens is 4. The van der Waals surface area contributed by atoms with Crippen LogP contribution in [0.4, 0.5) is 5.13 Å². The zero-order chi connectivity index (χ0) is 35.8. The van der Waals surface area contributed by atoms with Crippen molar-refractivity contribution in [1.82, 2.24) is 30.1 Å². The van der Waals surface area contributed by atoms with E-state index in [2.05, 4.69) is 25.8 Å². The summed E-state index contributed by atoms with van der Waals surface area (Å²) in [6.45, 7) is 2.45. The first kappa shape index (κ1) is 36.9. The first-order chi connectivity index (χ1) is 23.1. The maximum atomic E-state index is 13.4. The zero-order valence-corrected chi connectivity index (χ0v) is 30.2. The summed E-state index contributed by atoms with van der Waals surface area (Å²) in [4.78, 5) is 65.3. The molecule has 3 atom stereocenters. The first-order valence-corrected chi connectivity index (χ1v) is 17.7. The van der Waals surface area contributed by atoms with E-state index in [0.29, 0.717) is 29.8 Å². The Hall–Kier alpha value is -3.39. The van der Waals surface area contributed by atoms with Crippen LogP contribution in [0.3, 0.4) is 0 Å². The fourth-order valence-corrected chi connectivity index (χ4v) is 7.87. The van der Waals surface area contributed by atoms with Crippen molar-refractivity contribution >= 4 is 115 Å². The van der Waals surface area contributed by atoms with Gasteiger partial charge in [0.1, 0.15) is 39.2 Å². The molecular formula is C27H28Cl4N9O7S2+. The summed E-state index contributed by atoms with van der Waals surface area (Å²) < 4.78 is 1.67. The molecule has 1 saturated heterocycles. The number of carboxylic acid groups (broad SMARTS) is 2. The molecule has 0 aromatic carbocycles. The minimum absolute atomic E-state index is 0.00178. The molecule has 0 bridgehead atoms. The van der Waals surface area contributed by atoms with Gasteiger partial charge in [0.15, 0.2) is 10.8 Å². The monoisotopic (exact) mass is 794 g/mol. The number of nitrogens with zero attached hydrogens (tertiary/aromatic N) is 6. The lowest BCUT2D eigenvalue weighted by Gasteiger charge is -2.49. The van der Waals surface area contributed by atoms with E-state index in [9.17, 15) is 24.3 Å². The number of pyridine rings is 1. The molecule has 1 fully saturated rings. The molecule has 5 heterocycles. The highest BCUT2D eigenvalue weighted by Gasteiger charge is 2.55. The van der Waals surface area contributed by atoms with Crippen LogP contribution in [0, 0.1) is 0 Å². The number of thioether (sulfide) groups is 1. The van der Waals surface area contributed by atoms with Gasteiger partial charge in [-0.3, -0.25) is 19.1 Å². The molecule has 3 aromatic heterocycles. The zero-order valence-electron chi connectivity index (χ0n) is 25.5. The summed E-state index contributed by atoms with van der Waals surface area (Å²) in [6.07, 6.45) is 1.00. The number of rotatable bonds is 13. The van der Waals surface area contributed by atoms with Crippen molar-refractivity contribution in [3.05, 3.63) is 45.5 Å². The van der Waals surface area contributed by atoms with Gasteiger partial charge in [0.25, 0.3) is 21.4 Å². The third-order valence-electron chi connectivity index (χ3n) is 7.43. The normalized spacial score (nSPS) is 18.7. The fraction of sp³-hybridized carbons (Fsp3) is 0.407. The molecule has 0 spiro atoms. The van der Waals surface area contributed by atoms with Crippen molar-refractivity contribution in [2.24, 2.45) is 5.16 Å². The first-order valence-electron chi connectivity index (χ1n) is 14.3. The number of nitrogens with two attached hydrogens (primary N) is 1. The van der Waals surface area contributed by atoms with Gasteiger partial charge in [0.05, 0.1) is 6.20 Å². The van der Waals surface area contributed by atoms with Crippen LogP contribution in [0.2, 0.25) is 4.34 Å². The molecule has 2 amide bonds. The van der Waals surface area contributed by atoms with Gasteiger partial charge in [-0.25, -0.2) is 19.1 Å². The summed E-state index contributed by atoms with van der Waals surface area (Å²) in [5.41, 5.74) is 6.31. The summed E-state index contributed by atoms with van der Waals surface area (Å²) in [6, 6.07) is 2.42. The number of alkyl halides is 3. The largest absolute Gasteiger partial charge is 0.478 e. The molecule has 0 radical (unpaired) electrons. The van der Waals surface area contributed by atoms with Crippen molar-refractivity contribution in [1.29, 1.82) is 0 Å². The van der Waals surface area contributed by atoms with Crippen LogP contribution < -0.4 is 20.9 Å². The molecular weight excluding hydrogens is 768 g/mol. The molecule has 3 aromatic rings. The van der Waals surface area contributed by atoms with E-state index < -0.39 is 50.8 Å². The van der Waals surface area contributed by atoms with E-state index in [-0.39, 0.29) is 39.0 Å². The number of nitrogens with one attached hydrogen (secondary N) is 2. The topological polar surface area (TPSA) is 218 Å². The Bertz CT molecular complexity index is 1890. The van der Waals surface area contributed by atoms with E-state index >= 15 is 0 Å². The summed E-state index contributed by atoms with van der Waals surface area (Å²) in [7, 11) is 1.83. The minimum atomic E-state index is -1.83. The number of hydrogen-bond donors (Lipinski definition) is 5. The number of nitrogen functional groups attached to an aromatic ring is 1. The second kappa shape index (κ2) is 14.8. The van der Waals surface area contributed by atoms with Crippen LogP contribution in [0.5, 0.6) is 0 Å². The van der Waals surface area contributed by atoms with Crippen LogP contribution in [0.15, 0.2) is 34.8 Å². The molecule has 2 aliphatic heterocycles. The number of hydrogen-bond acceptors (Lipinski definition) is 12. The Morgan fingerprint density at radius 1 is 1.29 bits per heavy atom. The molecule has 22 heteroatoms. The second-order valence-corrected chi connectivity index (χ2v) is 15.7. The number of oxime groups is 1. The number of anilines is 1. The number of carbonyl (C=O) groups excluding carboxylic acids is 2. The molecule has 49 heavy (non-hydrogen) atoms. The van der Waals surface area contributed by atoms with Gasteiger partial charge in [-0.15, -0.1) is 11.8 Å². The number of amides is 2. The highest BCUT2D eigenvalue weighted by Crippen LogP contribution is 2.41. The molecule has 2 unspecified atom stereocenters. The van der Waals surface area contributed by atoms with Gasteiger partial charge in [-0.05, 0) is 44.1 Å². The smallest absolute Gasteiger partial charge is 0.352 e. The predicted octanol–water partition coefficient (Wildman–Crippen LogP) is 2.08. The Morgan fingerprint density at radius 3 is 2.63 bits per heavy atom. The van der Waals surface area contributed by atoms with E-state index in [1.807, 2.05) is 13.1 Å². The summed E-state index contributed by atoms with van der Waals surface area (Å²) in [5.74, 6) is -3.96. The van der Waals surface area contributed by atoms with Crippen molar-refractivity contribution in [2.45, 2.75) is 47.7 Å². The second-order valence-electron chi connectivity index (χ2n) is 10.7. The van der Waals surface area contributed by atoms with Crippen LogP contribution >= 0.6 is 69.5 Å². The van der Waals surface area contributed by atoms with E-state index in [4.69, 9.17) is 62.1 Å². The molecule has 262 valence electrons. The minimum Gasteiger partial charge on any atom is -0.478 e. The summed E-state index contributed by atoms with van der Waals surface area (Å²) in [5, 5.41) is 27.9. The maximum Gasteiger partial charge on any atom is 0.352 e. The Labute approximate surface area is 306 Å². The van der Waals surface area contributed by atoms with Crippen molar-refractivity contribution in [3.63, 3.8) is 0 Å². The molecule has 5 rings (SSSR count). The van der Waals surface area contributed by atoms with Gasteiger partial charge in [0.2, 0.25) is 6.10 Å². The highest BCUT2D eigenvalue weighted by atomic mass is 35.6. The maximum absolute atomic E-state index is 13.4. The van der Waals surface area contributed by atoms with Crippen molar-refractivity contribution < 1.29 is 38.8 Å². The number of imidazole rings is 1. The van der Waals surface area contributed by atoms with Gasteiger partial charge < -0.3 is 31.4 Å². The number of aromatic nitrogens is 4. The molecule has 2 aliphatic rings. The lowest BCUT2D eigenvalue weighted by atomic mass is 10.0. The molecule has 0 saturated carbocycles. The third-order valence-corrected chi connectivity index (χ3v) is 10.4. The highest BCUT2D eigenvalue weighted by molar-refractivity contribution is 8.00. The number of aliphatic carboxylic acids is 2. The van der Waals surface area contributed by atoms with Crippen LogP contribution in [-0.4, -0.2) is 96.0 Å². The SMILES string of the molecule is CNCCCn1c(C(Cl)(Cl)Cl)nc2c1ccc[n+]2CC1=C(C(=O)O)N2C(=O)C(NC(=O)C(=NO[C@@H](C)C(=O)O)c3nc(N)sc3Cl)C2SC1. The number of carbonyl (C=O) groups is 4. The number of fused-ring (bicyclic) bond motifs is 2. The number of carboxylic acids is 2. The number of β-lactam (4-membered cyclic amide) rings is 1. The van der Waals surface area contributed by atoms with E-state index in [1.54, 1.807) is 21.4 Å². The summed E-state index contributed by atoms with van der Waals surface area (Å²) >= 11 is 27.1. The quantitative estimate of drug-likeness (QED) is 0.0420. The van der Waals surface area contributed by atoms with Gasteiger partial charge in [-0.1, -0.05) is 62.9 Å². The van der Waals surface area contributed by atoms with Crippen LogP contribution in [0.25, 0.3) is 11.2 Å². The average molecular weight is 797 g/mol. The standard InChI is InChI=1S/C27H27Cl4N9O7S2/c1-11(23(43)44)47-37-15(14-18(28)49-26(32)35-14)20(41)34-16-21(42)40-17(24(45)46)12(10-48-22(16)40)9-38-7-3-5-13-19(38)36-25(27(29,30)31)39(13)8-4-6-33-2/h3,5,7,11,16,22,33H,4,6,8-10H2,1-2H3,(H4-,32,34,35,41,43,44,45,46)/p+1/t11-,16?,22?/m0/s1. The molecule has 16 nitrogen and oxygen atoms in total. The number of aryl methyl sites for hydroxylation is 1. The van der Waals surface area contributed by atoms with Gasteiger partial charge >= 0.3 is 17.6 Å². The fourth-order valence-electron chi connectivity index (χ4n) is 5.17. The van der Waals surface area contributed by atoms with Crippen molar-refractivity contribution in [3.8, 4) is 0 Å². The van der Waals surface area contributed by atoms with Crippen LogP contribution in [0.1, 0.15) is 24.9 Å². The Balaban J connectivity index is 1.42. The lowest BCUT2D eigenvalue weighted by molar-refractivity contribution is -0.664. The predicted molar refractivity (Wildman–Crippen MR) is 184 cm³/mol. The average Bonchev–Trinajstić information content (AvgIpc) is 3.59. The van der Waals surface area contributed by atoms with E-state index in [0.717, 1.165) is 22.7 Å². The van der Waals surface area contributed by atoms with Crippen molar-refractivity contribution in [2.75, 3.05) is 25.1 Å².